The summed E-state index contributed by atoms with van der Waals surface area (Å²) in [4.78, 5) is 0. The molecule has 56 valence electrons. The largest absolute Gasteiger partial charge is 0.315 e. The molecule has 0 aromatic rings. The van der Waals surface area contributed by atoms with Gasteiger partial charge in [0.2, 0.25) is 0 Å². The molecule has 0 heterocycles. The maximum absolute atomic E-state index is 5.63. The fourth-order valence-electron chi connectivity index (χ4n) is 0.708. The third-order valence-corrected chi connectivity index (χ3v) is 1.50. The van der Waals surface area contributed by atoms with Gasteiger partial charge in [-0.1, -0.05) is 12.2 Å². The number of hydrazine groups is 1. The summed E-state index contributed by atoms with van der Waals surface area (Å²) in [6.07, 6.45) is 6.28. The van der Waals surface area contributed by atoms with Crippen LogP contribution < -0.4 is 5.84 Å². The van der Waals surface area contributed by atoms with Crippen LogP contribution in [-0.4, -0.2) is 11.1 Å². The van der Waals surface area contributed by atoms with Gasteiger partial charge in [-0.25, -0.2) is 5.84 Å². The van der Waals surface area contributed by atoms with Gasteiger partial charge in [0.05, 0.1) is 0 Å². The summed E-state index contributed by atoms with van der Waals surface area (Å²) in [5.74, 6) is 5.63. The zero-order chi connectivity index (χ0) is 7.56. The summed E-state index contributed by atoms with van der Waals surface area (Å²) in [6.45, 7) is 5.69. The van der Waals surface area contributed by atoms with Gasteiger partial charge in [-0.15, -0.1) is 0 Å². The van der Waals surface area contributed by atoms with Crippen molar-refractivity contribution in [1.82, 2.24) is 5.01 Å². The third kappa shape index (κ3) is 2.23. The van der Waals surface area contributed by atoms with Gasteiger partial charge in [-0.2, -0.15) is 0 Å². The first-order valence-electron chi connectivity index (χ1n) is 3.57. The van der Waals surface area contributed by atoms with E-state index in [1.807, 2.05) is 19.2 Å². The van der Waals surface area contributed by atoms with E-state index < -0.39 is 0 Å². The van der Waals surface area contributed by atoms with Crippen molar-refractivity contribution in [3.05, 3.63) is 24.4 Å². The highest BCUT2D eigenvalue weighted by atomic mass is 15.4. The Morgan fingerprint density at radius 1 is 1.70 bits per heavy atom. The number of allylic oxidation sites excluding steroid dienone is 2. The van der Waals surface area contributed by atoms with Crippen LogP contribution in [0.2, 0.25) is 0 Å². The second-order valence-electron chi connectivity index (χ2n) is 2.84. The smallest absolute Gasteiger partial charge is 0.0447 e. The predicted octanol–water partition coefficient (Wildman–Crippen LogP) is 1.41. The van der Waals surface area contributed by atoms with Gasteiger partial charge in [0.1, 0.15) is 0 Å². The monoisotopic (exact) mass is 138 g/mol. The zero-order valence-corrected chi connectivity index (χ0v) is 6.38. The molecular formula is C8H14N2. The lowest BCUT2D eigenvalue weighted by atomic mass is 10.3. The van der Waals surface area contributed by atoms with Gasteiger partial charge in [0.15, 0.2) is 0 Å². The Bertz CT molecular complexity index is 157. The molecule has 0 unspecified atom stereocenters. The molecule has 1 aliphatic rings. The highest BCUT2D eigenvalue weighted by molar-refractivity contribution is 5.10. The highest BCUT2D eigenvalue weighted by Gasteiger charge is 2.24. The molecule has 2 N–H and O–H groups in total. The van der Waals surface area contributed by atoms with E-state index in [1.54, 1.807) is 5.01 Å². The molecule has 0 aromatic carbocycles. The maximum atomic E-state index is 5.63. The Kier molecular flexibility index (Phi) is 2.12. The van der Waals surface area contributed by atoms with Crippen LogP contribution >= 0.6 is 0 Å². The second-order valence-corrected chi connectivity index (χ2v) is 2.84. The van der Waals surface area contributed by atoms with E-state index in [0.29, 0.717) is 6.04 Å². The van der Waals surface area contributed by atoms with E-state index in [4.69, 9.17) is 5.84 Å². The molecule has 0 bridgehead atoms. The molecule has 0 saturated heterocycles. The Hall–Kier alpha value is -0.760. The number of hydrogen-bond acceptors (Lipinski definition) is 2. The van der Waals surface area contributed by atoms with Crippen LogP contribution in [0.15, 0.2) is 24.4 Å². The average molecular weight is 138 g/mol. The first-order chi connectivity index (χ1) is 4.70. The van der Waals surface area contributed by atoms with Gasteiger partial charge in [0.25, 0.3) is 0 Å². The molecule has 10 heavy (non-hydrogen) atoms. The normalized spacial score (nSPS) is 17.8. The lowest BCUT2D eigenvalue weighted by molar-refractivity contribution is 0.383. The highest BCUT2D eigenvalue weighted by Crippen LogP contribution is 2.24. The van der Waals surface area contributed by atoms with Crippen LogP contribution in [0.5, 0.6) is 0 Å². The average Bonchev–Trinajstić information content (AvgIpc) is 2.63. The van der Waals surface area contributed by atoms with Gasteiger partial charge in [0, 0.05) is 12.2 Å². The molecule has 2 heteroatoms. The summed E-state index contributed by atoms with van der Waals surface area (Å²) in [6, 6.07) is 0.593. The van der Waals surface area contributed by atoms with Crippen molar-refractivity contribution in [2.24, 2.45) is 5.84 Å². The van der Waals surface area contributed by atoms with Crippen molar-refractivity contribution >= 4 is 0 Å². The van der Waals surface area contributed by atoms with Gasteiger partial charge in [-0.3, -0.25) is 0 Å². The minimum Gasteiger partial charge on any atom is -0.315 e. The van der Waals surface area contributed by atoms with Crippen molar-refractivity contribution in [2.75, 3.05) is 0 Å². The lowest BCUT2D eigenvalue weighted by Gasteiger charge is -2.10. The first kappa shape index (κ1) is 7.35. The van der Waals surface area contributed by atoms with Crippen molar-refractivity contribution < 1.29 is 0 Å². The number of nitrogens with two attached hydrogens (primary N) is 1. The van der Waals surface area contributed by atoms with E-state index in [9.17, 15) is 0 Å². The first-order valence-corrected chi connectivity index (χ1v) is 3.57. The maximum Gasteiger partial charge on any atom is 0.0447 e. The SMILES string of the molecule is C=C(C)C=CN(N)C1CC1. The summed E-state index contributed by atoms with van der Waals surface area (Å²) >= 11 is 0. The van der Waals surface area contributed by atoms with Crippen LogP contribution in [-0.2, 0) is 0 Å². The van der Waals surface area contributed by atoms with E-state index in [1.165, 1.54) is 12.8 Å². The molecular weight excluding hydrogens is 124 g/mol. The van der Waals surface area contributed by atoms with E-state index in [2.05, 4.69) is 6.58 Å². The van der Waals surface area contributed by atoms with Gasteiger partial charge < -0.3 is 5.01 Å². The Balaban J connectivity index is 2.28. The predicted molar refractivity (Wildman–Crippen MR) is 43.0 cm³/mol. The van der Waals surface area contributed by atoms with Crippen LogP contribution in [0.1, 0.15) is 19.8 Å². The second kappa shape index (κ2) is 2.88. The van der Waals surface area contributed by atoms with Crippen LogP contribution in [0.3, 0.4) is 0 Å². The summed E-state index contributed by atoms with van der Waals surface area (Å²) in [5.41, 5.74) is 1.04. The quantitative estimate of drug-likeness (QED) is 0.363. The molecule has 1 saturated carbocycles. The third-order valence-electron chi connectivity index (χ3n) is 1.50. The Morgan fingerprint density at radius 2 is 2.30 bits per heavy atom. The zero-order valence-electron chi connectivity index (χ0n) is 6.38. The molecule has 1 fully saturated rings. The van der Waals surface area contributed by atoms with Crippen molar-refractivity contribution in [3.63, 3.8) is 0 Å². The summed E-state index contributed by atoms with van der Waals surface area (Å²) in [5, 5.41) is 1.76. The van der Waals surface area contributed by atoms with E-state index >= 15 is 0 Å². The molecule has 0 aliphatic heterocycles. The van der Waals surface area contributed by atoms with Crippen molar-refractivity contribution in [1.29, 1.82) is 0 Å². The van der Waals surface area contributed by atoms with Crippen LogP contribution in [0.25, 0.3) is 0 Å². The number of hydrogen-bond donors (Lipinski definition) is 1. The van der Waals surface area contributed by atoms with E-state index in [-0.39, 0.29) is 0 Å². The number of nitrogens with zero attached hydrogens (tertiary/aromatic N) is 1. The van der Waals surface area contributed by atoms with Crippen LogP contribution in [0, 0.1) is 0 Å². The van der Waals surface area contributed by atoms with E-state index in [0.717, 1.165) is 5.57 Å². The molecule has 0 spiro atoms. The molecule has 0 amide bonds. The topological polar surface area (TPSA) is 29.3 Å². The molecule has 1 aliphatic carbocycles. The minimum absolute atomic E-state index is 0.593. The van der Waals surface area contributed by atoms with Gasteiger partial charge >= 0.3 is 0 Å². The lowest BCUT2D eigenvalue weighted by Crippen LogP contribution is -2.26. The molecule has 0 aromatic heterocycles. The summed E-state index contributed by atoms with van der Waals surface area (Å²) < 4.78 is 0. The Labute approximate surface area is 62.0 Å². The molecule has 1 rings (SSSR count). The molecule has 0 radical (unpaired) electrons. The summed E-state index contributed by atoms with van der Waals surface area (Å²) in [7, 11) is 0. The van der Waals surface area contributed by atoms with Gasteiger partial charge in [-0.05, 0) is 25.8 Å². The van der Waals surface area contributed by atoms with Crippen LogP contribution in [0.4, 0.5) is 0 Å². The standard InChI is InChI=1S/C8H14N2/c1-7(2)5-6-10(9)8-3-4-8/h5-6,8H,1,3-4,9H2,2H3. The minimum atomic E-state index is 0.593. The fourth-order valence-corrected chi connectivity index (χ4v) is 0.708. The molecule has 0 atom stereocenters. The van der Waals surface area contributed by atoms with Crippen molar-refractivity contribution in [3.8, 4) is 0 Å². The van der Waals surface area contributed by atoms with Crippen molar-refractivity contribution in [2.45, 2.75) is 25.8 Å². The fraction of sp³-hybridized carbons (Fsp3) is 0.500. The number of rotatable bonds is 3. The Morgan fingerprint density at radius 3 is 2.70 bits per heavy atom. The molecule has 2 nitrogen and oxygen atoms in total.